The predicted octanol–water partition coefficient (Wildman–Crippen LogP) is 4.83. The molecule has 3 rings (SSSR count). The SMILES string of the molecule is C=C(N/C(C)=C/N=CC(C)C)c1n[nH]c2ccc(-c3cncc(CN(C)C)c3)cc12. The van der Waals surface area contributed by atoms with Gasteiger partial charge in [-0.1, -0.05) is 26.5 Å². The van der Waals surface area contributed by atoms with Crippen LogP contribution in [-0.4, -0.2) is 40.4 Å². The van der Waals surface area contributed by atoms with E-state index in [0.29, 0.717) is 5.92 Å². The van der Waals surface area contributed by atoms with Crippen molar-refractivity contribution in [2.75, 3.05) is 14.1 Å². The number of nitrogens with zero attached hydrogens (tertiary/aromatic N) is 4. The van der Waals surface area contributed by atoms with Crippen molar-refractivity contribution in [2.45, 2.75) is 27.3 Å². The lowest BCUT2D eigenvalue weighted by molar-refractivity contribution is 0.402. The van der Waals surface area contributed by atoms with Crippen LogP contribution in [0.1, 0.15) is 32.0 Å². The molecule has 2 aromatic heterocycles. The van der Waals surface area contributed by atoms with Crippen molar-refractivity contribution in [3.05, 3.63) is 66.4 Å². The van der Waals surface area contributed by atoms with Crippen molar-refractivity contribution in [3.63, 3.8) is 0 Å². The van der Waals surface area contributed by atoms with E-state index in [1.807, 2.05) is 31.6 Å². The molecule has 3 aromatic rings. The number of aromatic nitrogens is 3. The molecule has 0 saturated heterocycles. The number of fused-ring (bicyclic) bond motifs is 1. The Morgan fingerprint density at radius 3 is 2.77 bits per heavy atom. The molecular formula is C24H30N6. The predicted molar refractivity (Wildman–Crippen MR) is 126 cm³/mol. The summed E-state index contributed by atoms with van der Waals surface area (Å²) in [7, 11) is 4.11. The topological polar surface area (TPSA) is 69.2 Å². The highest BCUT2D eigenvalue weighted by atomic mass is 15.1. The van der Waals surface area contributed by atoms with E-state index in [0.717, 1.165) is 45.7 Å². The summed E-state index contributed by atoms with van der Waals surface area (Å²) in [4.78, 5) is 10.9. The molecule has 0 unspecified atom stereocenters. The molecule has 0 fully saturated rings. The van der Waals surface area contributed by atoms with Crippen LogP contribution in [0.15, 0.2) is 60.1 Å². The number of H-pyrrole nitrogens is 1. The largest absolute Gasteiger partial charge is 0.357 e. The molecule has 2 N–H and O–H groups in total. The van der Waals surface area contributed by atoms with Gasteiger partial charge in [0.25, 0.3) is 0 Å². The molecule has 6 nitrogen and oxygen atoms in total. The summed E-state index contributed by atoms with van der Waals surface area (Å²) in [5.41, 5.74) is 6.76. The molecule has 30 heavy (non-hydrogen) atoms. The number of allylic oxidation sites excluding steroid dienone is 1. The van der Waals surface area contributed by atoms with Gasteiger partial charge in [-0.2, -0.15) is 5.10 Å². The van der Waals surface area contributed by atoms with Crippen molar-refractivity contribution in [1.82, 2.24) is 25.4 Å². The number of nitrogens with one attached hydrogen (secondary N) is 2. The smallest absolute Gasteiger partial charge is 0.116 e. The Balaban J connectivity index is 1.87. The summed E-state index contributed by atoms with van der Waals surface area (Å²) in [6.07, 6.45) is 7.51. The summed E-state index contributed by atoms with van der Waals surface area (Å²) in [5.74, 6) is 0.414. The first-order chi connectivity index (χ1) is 14.3. The maximum absolute atomic E-state index is 4.47. The number of pyridine rings is 1. The van der Waals surface area contributed by atoms with E-state index in [4.69, 9.17) is 0 Å². The lowest BCUT2D eigenvalue weighted by Crippen LogP contribution is -2.10. The van der Waals surface area contributed by atoms with Gasteiger partial charge in [0.15, 0.2) is 0 Å². The van der Waals surface area contributed by atoms with Gasteiger partial charge in [-0.05, 0) is 56.3 Å². The van der Waals surface area contributed by atoms with E-state index < -0.39 is 0 Å². The molecule has 0 saturated carbocycles. The van der Waals surface area contributed by atoms with E-state index >= 15 is 0 Å². The van der Waals surface area contributed by atoms with Gasteiger partial charge in [0.1, 0.15) is 5.69 Å². The Labute approximate surface area is 178 Å². The van der Waals surface area contributed by atoms with E-state index in [1.54, 1.807) is 6.20 Å². The zero-order chi connectivity index (χ0) is 21.7. The fraction of sp³-hybridized carbons (Fsp3) is 0.292. The molecule has 0 spiro atoms. The highest BCUT2D eigenvalue weighted by Gasteiger charge is 2.11. The van der Waals surface area contributed by atoms with Gasteiger partial charge in [0.05, 0.1) is 11.2 Å². The number of aromatic amines is 1. The average Bonchev–Trinajstić information content (AvgIpc) is 3.10. The molecule has 0 aliphatic heterocycles. The maximum Gasteiger partial charge on any atom is 0.116 e. The number of benzene rings is 1. The maximum atomic E-state index is 4.47. The normalized spacial score (nSPS) is 12.4. The Kier molecular flexibility index (Phi) is 6.79. The highest BCUT2D eigenvalue weighted by Crippen LogP contribution is 2.27. The van der Waals surface area contributed by atoms with E-state index in [9.17, 15) is 0 Å². The second-order valence-electron chi connectivity index (χ2n) is 8.11. The van der Waals surface area contributed by atoms with Crippen LogP contribution in [0.3, 0.4) is 0 Å². The average molecular weight is 403 g/mol. The van der Waals surface area contributed by atoms with Gasteiger partial charge in [-0.15, -0.1) is 0 Å². The molecule has 156 valence electrons. The van der Waals surface area contributed by atoms with Crippen molar-refractivity contribution < 1.29 is 0 Å². The molecule has 0 bridgehead atoms. The van der Waals surface area contributed by atoms with Crippen LogP contribution < -0.4 is 5.32 Å². The second-order valence-corrected chi connectivity index (χ2v) is 8.11. The van der Waals surface area contributed by atoms with Crippen LogP contribution in [-0.2, 0) is 6.54 Å². The summed E-state index contributed by atoms with van der Waals surface area (Å²) in [6.45, 7) is 11.2. The summed E-state index contributed by atoms with van der Waals surface area (Å²) < 4.78 is 0. The van der Waals surface area contributed by atoms with Crippen molar-refractivity contribution >= 4 is 22.8 Å². The monoisotopic (exact) mass is 402 g/mol. The first-order valence-electron chi connectivity index (χ1n) is 10.1. The van der Waals surface area contributed by atoms with E-state index in [1.165, 1.54) is 5.56 Å². The molecule has 0 atom stereocenters. The molecular weight excluding hydrogens is 372 g/mol. The standard InChI is InChI=1S/C24H30N6/c1-16(2)11-25-12-17(3)27-18(4)24-22-10-20(7-8-23(22)28-29-24)21-9-19(13-26-14-21)15-30(5)6/h7-14,16,27H,4,15H2,1-3,5-6H3,(H,28,29)/b17-12+,25-11?. The first-order valence-corrected chi connectivity index (χ1v) is 10.1. The molecule has 2 heterocycles. The zero-order valence-corrected chi connectivity index (χ0v) is 18.4. The van der Waals surface area contributed by atoms with Gasteiger partial charge in [-0.25, -0.2) is 0 Å². The van der Waals surface area contributed by atoms with Crippen LogP contribution in [0.2, 0.25) is 0 Å². The van der Waals surface area contributed by atoms with Crippen molar-refractivity contribution in [3.8, 4) is 11.1 Å². The zero-order valence-electron chi connectivity index (χ0n) is 18.4. The molecule has 6 heteroatoms. The molecule has 0 radical (unpaired) electrons. The summed E-state index contributed by atoms with van der Waals surface area (Å²) in [5, 5.41) is 11.9. The molecule has 1 aromatic carbocycles. The fourth-order valence-corrected chi connectivity index (χ4v) is 3.18. The molecule has 0 amide bonds. The third kappa shape index (κ3) is 5.42. The quantitative estimate of drug-likeness (QED) is 0.529. The number of rotatable bonds is 8. The van der Waals surface area contributed by atoms with Crippen LogP contribution >= 0.6 is 0 Å². The Hall–Kier alpha value is -3.25. The number of aliphatic imine (C=N–C) groups is 1. The third-order valence-electron chi connectivity index (χ3n) is 4.48. The van der Waals surface area contributed by atoms with Gasteiger partial charge in [-0.3, -0.25) is 15.1 Å². The van der Waals surface area contributed by atoms with Gasteiger partial charge < -0.3 is 10.2 Å². The molecule has 0 aliphatic rings. The minimum Gasteiger partial charge on any atom is -0.357 e. The Morgan fingerprint density at radius 1 is 1.23 bits per heavy atom. The fourth-order valence-electron chi connectivity index (χ4n) is 3.18. The second kappa shape index (κ2) is 9.50. The van der Waals surface area contributed by atoms with Crippen LogP contribution in [0.5, 0.6) is 0 Å². The number of hydrogen-bond acceptors (Lipinski definition) is 5. The third-order valence-corrected chi connectivity index (χ3v) is 4.48. The lowest BCUT2D eigenvalue weighted by Gasteiger charge is -2.11. The summed E-state index contributed by atoms with van der Waals surface area (Å²) >= 11 is 0. The highest BCUT2D eigenvalue weighted by molar-refractivity contribution is 5.92. The van der Waals surface area contributed by atoms with Crippen LogP contribution in [0, 0.1) is 5.92 Å². The lowest BCUT2D eigenvalue weighted by atomic mass is 10.0. The van der Waals surface area contributed by atoms with Gasteiger partial charge in [0, 0.05) is 48.0 Å². The minimum atomic E-state index is 0.414. The van der Waals surface area contributed by atoms with Gasteiger partial charge >= 0.3 is 0 Å². The van der Waals surface area contributed by atoms with E-state index in [-0.39, 0.29) is 0 Å². The summed E-state index contributed by atoms with van der Waals surface area (Å²) in [6, 6.07) is 8.44. The van der Waals surface area contributed by atoms with Crippen molar-refractivity contribution in [1.29, 1.82) is 0 Å². The minimum absolute atomic E-state index is 0.414. The van der Waals surface area contributed by atoms with Crippen molar-refractivity contribution in [2.24, 2.45) is 10.9 Å². The molecule has 0 aliphatic carbocycles. The first kappa shape index (κ1) is 21.5. The van der Waals surface area contributed by atoms with Crippen LogP contribution in [0.4, 0.5) is 0 Å². The van der Waals surface area contributed by atoms with Gasteiger partial charge in [0.2, 0.25) is 0 Å². The Bertz CT molecular complexity index is 1090. The van der Waals surface area contributed by atoms with Crippen LogP contribution in [0.25, 0.3) is 27.7 Å². The number of hydrogen-bond donors (Lipinski definition) is 2. The Morgan fingerprint density at radius 2 is 2.03 bits per heavy atom. The van der Waals surface area contributed by atoms with E-state index in [2.05, 4.69) is 83.1 Å².